The summed E-state index contributed by atoms with van der Waals surface area (Å²) in [6.07, 6.45) is 0.535. The molecule has 1 atom stereocenters. The Hall–Kier alpha value is -3.59. The number of piperidine rings is 1. The number of hydrogen-bond acceptors (Lipinski definition) is 6. The summed E-state index contributed by atoms with van der Waals surface area (Å²) in [7, 11) is 3.99. The Morgan fingerprint density at radius 2 is 1.81 bits per heavy atom. The lowest BCUT2D eigenvalue weighted by atomic mass is 9.60. The molecule has 0 bridgehead atoms. The molecule has 3 heterocycles. The van der Waals surface area contributed by atoms with E-state index >= 15 is 0 Å². The number of nitrogens with zero attached hydrogens (tertiary/aromatic N) is 2. The molecule has 184 valence electrons. The number of ether oxygens (including phenoxy) is 2. The number of carbonyl (C=O) groups excluding carboxylic acids is 4. The number of imide groups is 1. The van der Waals surface area contributed by atoms with Crippen molar-refractivity contribution in [1.82, 2.24) is 15.1 Å². The van der Waals surface area contributed by atoms with Gasteiger partial charge in [-0.05, 0) is 29.7 Å². The van der Waals surface area contributed by atoms with E-state index in [0.29, 0.717) is 37.5 Å². The molecule has 1 unspecified atom stereocenters. The molecule has 0 aliphatic carbocycles. The van der Waals surface area contributed by atoms with Crippen LogP contribution in [-0.4, -0.2) is 73.7 Å². The quantitative estimate of drug-likeness (QED) is 0.428. The van der Waals surface area contributed by atoms with Crippen molar-refractivity contribution in [3.63, 3.8) is 0 Å². The van der Waals surface area contributed by atoms with Gasteiger partial charge in [0.1, 0.15) is 40.7 Å². The summed E-state index contributed by atoms with van der Waals surface area (Å²) in [5.74, 6) is -0.388. The lowest BCUT2D eigenvalue weighted by Gasteiger charge is -2.42. The number of rotatable bonds is 6. The van der Waals surface area contributed by atoms with Gasteiger partial charge in [0.2, 0.25) is 17.7 Å². The van der Waals surface area contributed by atoms with Gasteiger partial charge in [-0.25, -0.2) is 0 Å². The summed E-state index contributed by atoms with van der Waals surface area (Å²) in [4.78, 5) is 52.5. The highest BCUT2D eigenvalue weighted by atomic mass is 16.5. The number of fused-ring (bicyclic) bond motifs is 1. The van der Waals surface area contributed by atoms with Gasteiger partial charge in [-0.2, -0.15) is 0 Å². The predicted octanol–water partition coefficient (Wildman–Crippen LogP) is -0.695. The molecule has 5 rings (SSSR count). The predicted molar refractivity (Wildman–Crippen MR) is 134 cm³/mol. The van der Waals surface area contributed by atoms with Gasteiger partial charge in [-0.15, -0.1) is 0 Å². The third kappa shape index (κ3) is 4.63. The maximum absolute atomic E-state index is 13.0. The molecule has 2 aromatic rings. The minimum absolute atomic E-state index is 0.0162. The first-order chi connectivity index (χ1) is 17.2. The highest BCUT2D eigenvalue weighted by Gasteiger charge is 2.40. The summed E-state index contributed by atoms with van der Waals surface area (Å²) in [6, 6.07) is 12.6. The molecule has 11 heteroatoms. The summed E-state index contributed by atoms with van der Waals surface area (Å²) in [5, 5.41) is 1.96. The fourth-order valence-electron chi connectivity index (χ4n) is 4.96. The second-order valence-electron chi connectivity index (χ2n) is 10.1. The van der Waals surface area contributed by atoms with Crippen LogP contribution in [0.5, 0.6) is 5.75 Å². The first-order valence-corrected chi connectivity index (χ1v) is 12.1. The molecule has 2 aromatic carbocycles. The zero-order valence-corrected chi connectivity index (χ0v) is 20.4. The topological polar surface area (TPSA) is 105 Å². The van der Waals surface area contributed by atoms with Crippen LogP contribution in [0.15, 0.2) is 42.5 Å². The number of carbonyl (C=O) groups is 4. The number of benzene rings is 2. The zero-order valence-electron chi connectivity index (χ0n) is 20.4. The molecular formula is C25H27B2N3O6. The standard InChI is InChI=1S/C25H27B2N3O6/c26-25(27)14-35-13-22(32)30(25)10-15-4-6-16(7-5-15)12-36-20-3-1-2-17-18(20)11-29(24(17)34)19-8-9-21(31)28-23(19)33/h1-7,19H,8-14,26-27H2,(H,28,31,33). The number of nitrogens with one attached hydrogen (secondary N) is 1. The van der Waals surface area contributed by atoms with Gasteiger partial charge in [0, 0.05) is 29.4 Å². The van der Waals surface area contributed by atoms with Gasteiger partial charge in [0.25, 0.3) is 5.91 Å². The lowest BCUT2D eigenvalue weighted by molar-refractivity contribution is -0.147. The molecule has 3 aliphatic rings. The lowest BCUT2D eigenvalue weighted by Crippen LogP contribution is -2.60. The first-order valence-electron chi connectivity index (χ1n) is 12.1. The maximum Gasteiger partial charge on any atom is 0.255 e. The van der Waals surface area contributed by atoms with E-state index in [1.165, 1.54) is 4.90 Å². The molecule has 0 saturated carbocycles. The zero-order chi connectivity index (χ0) is 25.4. The molecule has 4 amide bonds. The van der Waals surface area contributed by atoms with Crippen LogP contribution in [-0.2, 0) is 38.8 Å². The highest BCUT2D eigenvalue weighted by molar-refractivity contribution is 6.41. The Labute approximate surface area is 210 Å². The van der Waals surface area contributed by atoms with Crippen LogP contribution < -0.4 is 10.1 Å². The second kappa shape index (κ2) is 9.46. The summed E-state index contributed by atoms with van der Waals surface area (Å²) >= 11 is 0. The number of morpholine rings is 1. The van der Waals surface area contributed by atoms with Crippen LogP contribution in [0, 0.1) is 0 Å². The van der Waals surface area contributed by atoms with Crippen LogP contribution in [0.3, 0.4) is 0 Å². The monoisotopic (exact) mass is 487 g/mol. The van der Waals surface area contributed by atoms with Crippen LogP contribution in [0.2, 0.25) is 0 Å². The van der Waals surface area contributed by atoms with Crippen LogP contribution in [0.4, 0.5) is 0 Å². The van der Waals surface area contributed by atoms with Crippen molar-refractivity contribution in [2.24, 2.45) is 0 Å². The Balaban J connectivity index is 1.24. The van der Waals surface area contributed by atoms with Crippen molar-refractivity contribution in [3.05, 3.63) is 64.7 Å². The summed E-state index contributed by atoms with van der Waals surface area (Å²) in [6.45, 7) is 1.71. The van der Waals surface area contributed by atoms with E-state index in [1.54, 1.807) is 12.1 Å². The van der Waals surface area contributed by atoms with Crippen LogP contribution in [0.1, 0.15) is 39.9 Å². The van der Waals surface area contributed by atoms with Gasteiger partial charge in [-0.3, -0.25) is 24.5 Å². The van der Waals surface area contributed by atoms with E-state index in [1.807, 2.05) is 50.9 Å². The third-order valence-corrected chi connectivity index (χ3v) is 7.01. The van der Waals surface area contributed by atoms with Crippen LogP contribution in [0.25, 0.3) is 0 Å². The Morgan fingerprint density at radius 3 is 2.53 bits per heavy atom. The normalized spacial score (nSPS) is 21.4. The maximum atomic E-state index is 13.0. The second-order valence-corrected chi connectivity index (χ2v) is 10.1. The Bertz CT molecular complexity index is 1230. The van der Waals surface area contributed by atoms with Crippen LogP contribution >= 0.6 is 0 Å². The van der Waals surface area contributed by atoms with Crippen molar-refractivity contribution >= 4 is 39.3 Å². The van der Waals surface area contributed by atoms with E-state index < -0.39 is 11.9 Å². The molecule has 9 nitrogen and oxygen atoms in total. The Kier molecular flexibility index (Phi) is 6.34. The van der Waals surface area contributed by atoms with Gasteiger partial charge >= 0.3 is 0 Å². The molecule has 36 heavy (non-hydrogen) atoms. The van der Waals surface area contributed by atoms with Crippen molar-refractivity contribution < 1.29 is 28.7 Å². The van der Waals surface area contributed by atoms with Crippen molar-refractivity contribution in [2.45, 2.75) is 43.9 Å². The van der Waals surface area contributed by atoms with Crippen molar-refractivity contribution in [1.29, 1.82) is 0 Å². The fraction of sp³-hybridized carbons (Fsp3) is 0.360. The van der Waals surface area contributed by atoms with Gasteiger partial charge in [-0.1, -0.05) is 30.3 Å². The molecule has 3 aliphatic heterocycles. The average molecular weight is 487 g/mol. The highest BCUT2D eigenvalue weighted by Crippen LogP contribution is 2.34. The van der Waals surface area contributed by atoms with E-state index in [2.05, 4.69) is 5.32 Å². The molecule has 0 radical (unpaired) electrons. The molecular weight excluding hydrogens is 460 g/mol. The summed E-state index contributed by atoms with van der Waals surface area (Å²) in [5.41, 5.74) is 3.24. The minimum atomic E-state index is -0.661. The third-order valence-electron chi connectivity index (χ3n) is 7.01. The molecule has 1 N–H and O–H groups in total. The first kappa shape index (κ1) is 24.1. The number of hydrogen-bond donors (Lipinski definition) is 1. The van der Waals surface area contributed by atoms with E-state index in [-0.39, 0.29) is 42.6 Å². The fourth-order valence-corrected chi connectivity index (χ4v) is 4.96. The number of amides is 4. The van der Waals surface area contributed by atoms with Crippen molar-refractivity contribution in [3.8, 4) is 5.75 Å². The molecule has 0 aromatic heterocycles. The molecule has 0 spiro atoms. The largest absolute Gasteiger partial charge is 0.489 e. The van der Waals surface area contributed by atoms with E-state index in [9.17, 15) is 19.2 Å². The van der Waals surface area contributed by atoms with Gasteiger partial charge in [0.15, 0.2) is 0 Å². The molecule has 2 saturated heterocycles. The van der Waals surface area contributed by atoms with E-state index in [4.69, 9.17) is 9.47 Å². The smallest absolute Gasteiger partial charge is 0.255 e. The SMILES string of the molecule is BC1(B)COCC(=O)N1Cc1ccc(COc2cccc3c2CN(C2CCC(=O)NC2=O)C3=O)cc1. The minimum Gasteiger partial charge on any atom is -0.489 e. The summed E-state index contributed by atoms with van der Waals surface area (Å²) < 4.78 is 11.5. The average Bonchev–Trinajstić information content (AvgIpc) is 3.17. The van der Waals surface area contributed by atoms with Crippen molar-refractivity contribution in [2.75, 3.05) is 13.2 Å². The molecule has 2 fully saturated rings. The van der Waals surface area contributed by atoms with E-state index in [0.717, 1.165) is 16.7 Å². The van der Waals surface area contributed by atoms with Gasteiger partial charge in [0.05, 0.1) is 13.2 Å². The Morgan fingerprint density at radius 1 is 1.06 bits per heavy atom. The van der Waals surface area contributed by atoms with Gasteiger partial charge < -0.3 is 19.3 Å².